The van der Waals surface area contributed by atoms with Crippen LogP contribution < -0.4 is 20.5 Å². The quantitative estimate of drug-likeness (QED) is 0.765. The normalized spacial score (nSPS) is 12.2. The molecule has 0 saturated heterocycles. The number of ether oxygens (including phenoxy) is 2. The van der Waals surface area contributed by atoms with Crippen LogP contribution in [0.15, 0.2) is 18.2 Å². The molecule has 4 nitrogen and oxygen atoms in total. The first kappa shape index (κ1) is 12.8. The monoisotopic (exact) mass is 224 g/mol. The van der Waals surface area contributed by atoms with Gasteiger partial charge in [-0.25, -0.2) is 0 Å². The molecule has 4 heteroatoms. The van der Waals surface area contributed by atoms with Gasteiger partial charge in [0.15, 0.2) is 11.5 Å². The summed E-state index contributed by atoms with van der Waals surface area (Å²) in [6, 6.07) is 6.17. The van der Waals surface area contributed by atoms with E-state index in [1.165, 1.54) is 0 Å². The fourth-order valence-corrected chi connectivity index (χ4v) is 1.71. The van der Waals surface area contributed by atoms with Gasteiger partial charge in [-0.3, -0.25) is 0 Å². The highest BCUT2D eigenvalue weighted by atomic mass is 16.5. The molecule has 90 valence electrons. The summed E-state index contributed by atoms with van der Waals surface area (Å²) in [6.07, 6.45) is 0.895. The largest absolute Gasteiger partial charge is 0.493 e. The van der Waals surface area contributed by atoms with Gasteiger partial charge in [0.1, 0.15) is 0 Å². The Kier molecular flexibility index (Phi) is 5.08. The van der Waals surface area contributed by atoms with Crippen LogP contribution in [0.2, 0.25) is 0 Å². The summed E-state index contributed by atoms with van der Waals surface area (Å²) in [5.41, 5.74) is 6.73. The van der Waals surface area contributed by atoms with E-state index in [4.69, 9.17) is 15.2 Å². The van der Waals surface area contributed by atoms with Crippen molar-refractivity contribution in [1.29, 1.82) is 0 Å². The zero-order chi connectivity index (χ0) is 12.0. The maximum atomic E-state index is 5.57. The van der Waals surface area contributed by atoms with E-state index in [0.29, 0.717) is 6.54 Å². The van der Waals surface area contributed by atoms with Crippen LogP contribution in [0.25, 0.3) is 0 Å². The van der Waals surface area contributed by atoms with Crippen LogP contribution >= 0.6 is 0 Å². The molecule has 0 amide bonds. The third-order valence-electron chi connectivity index (χ3n) is 2.61. The molecule has 1 rings (SSSR count). The van der Waals surface area contributed by atoms with Crippen LogP contribution in [0.3, 0.4) is 0 Å². The Morgan fingerprint density at radius 1 is 1.25 bits per heavy atom. The van der Waals surface area contributed by atoms with Gasteiger partial charge in [0.25, 0.3) is 0 Å². The molecule has 0 aromatic heterocycles. The van der Waals surface area contributed by atoms with Crippen LogP contribution in [0.5, 0.6) is 11.5 Å². The standard InChI is InChI=1S/C12H20N2O2/c1-14-10(6-7-13)9-4-5-11(15-2)12(8-9)16-3/h4-5,8,10,14H,6-7,13H2,1-3H3. The molecule has 1 unspecified atom stereocenters. The number of nitrogens with one attached hydrogen (secondary N) is 1. The molecule has 0 aliphatic carbocycles. The Hall–Kier alpha value is -1.26. The van der Waals surface area contributed by atoms with E-state index in [0.717, 1.165) is 23.5 Å². The lowest BCUT2D eigenvalue weighted by Gasteiger charge is -2.17. The zero-order valence-corrected chi connectivity index (χ0v) is 10.1. The van der Waals surface area contributed by atoms with Crippen molar-refractivity contribution in [2.24, 2.45) is 5.73 Å². The minimum Gasteiger partial charge on any atom is -0.493 e. The molecular weight excluding hydrogens is 204 g/mol. The molecular formula is C12H20N2O2. The van der Waals surface area contributed by atoms with Gasteiger partial charge < -0.3 is 20.5 Å². The first-order valence-corrected chi connectivity index (χ1v) is 5.36. The Balaban J connectivity index is 2.96. The van der Waals surface area contributed by atoms with Gasteiger partial charge in [-0.15, -0.1) is 0 Å². The predicted octanol–water partition coefficient (Wildman–Crippen LogP) is 1.31. The average molecular weight is 224 g/mol. The number of hydrogen-bond donors (Lipinski definition) is 2. The Labute approximate surface area is 96.7 Å². The maximum Gasteiger partial charge on any atom is 0.161 e. The molecule has 0 aliphatic heterocycles. The minimum atomic E-state index is 0.254. The number of benzene rings is 1. The van der Waals surface area contributed by atoms with Crippen molar-refractivity contribution in [3.63, 3.8) is 0 Å². The molecule has 16 heavy (non-hydrogen) atoms. The van der Waals surface area contributed by atoms with Crippen LogP contribution in [0.4, 0.5) is 0 Å². The third-order valence-corrected chi connectivity index (χ3v) is 2.61. The van der Waals surface area contributed by atoms with E-state index >= 15 is 0 Å². The van der Waals surface area contributed by atoms with E-state index in [-0.39, 0.29) is 6.04 Å². The van der Waals surface area contributed by atoms with Crippen LogP contribution in [0.1, 0.15) is 18.0 Å². The van der Waals surface area contributed by atoms with E-state index in [1.54, 1.807) is 14.2 Å². The van der Waals surface area contributed by atoms with Gasteiger partial charge in [-0.05, 0) is 37.7 Å². The van der Waals surface area contributed by atoms with Crippen LogP contribution in [-0.2, 0) is 0 Å². The molecule has 0 heterocycles. The smallest absolute Gasteiger partial charge is 0.161 e. The highest BCUT2D eigenvalue weighted by Crippen LogP contribution is 2.30. The van der Waals surface area contributed by atoms with Crippen molar-refractivity contribution in [3.05, 3.63) is 23.8 Å². The Morgan fingerprint density at radius 3 is 2.44 bits per heavy atom. The second kappa shape index (κ2) is 6.35. The first-order chi connectivity index (χ1) is 7.76. The predicted molar refractivity (Wildman–Crippen MR) is 65.0 cm³/mol. The van der Waals surface area contributed by atoms with Crippen molar-refractivity contribution in [3.8, 4) is 11.5 Å². The third kappa shape index (κ3) is 2.87. The molecule has 1 atom stereocenters. The summed E-state index contributed by atoms with van der Waals surface area (Å²) in [7, 11) is 5.20. The summed E-state index contributed by atoms with van der Waals surface area (Å²) in [6.45, 7) is 0.653. The molecule has 0 bridgehead atoms. The van der Waals surface area contributed by atoms with Crippen molar-refractivity contribution in [2.45, 2.75) is 12.5 Å². The SMILES string of the molecule is CNC(CCN)c1ccc(OC)c(OC)c1. The van der Waals surface area contributed by atoms with Gasteiger partial charge in [0.05, 0.1) is 14.2 Å². The van der Waals surface area contributed by atoms with E-state index in [2.05, 4.69) is 5.32 Å². The fourth-order valence-electron chi connectivity index (χ4n) is 1.71. The van der Waals surface area contributed by atoms with Crippen molar-refractivity contribution in [2.75, 3.05) is 27.8 Å². The lowest BCUT2D eigenvalue weighted by atomic mass is 10.0. The van der Waals surface area contributed by atoms with Gasteiger partial charge in [-0.2, -0.15) is 0 Å². The molecule has 1 aromatic rings. The molecule has 0 spiro atoms. The molecule has 1 aromatic carbocycles. The Morgan fingerprint density at radius 2 is 1.94 bits per heavy atom. The molecule has 0 fully saturated rings. The van der Waals surface area contributed by atoms with Crippen molar-refractivity contribution >= 4 is 0 Å². The number of rotatable bonds is 6. The van der Waals surface area contributed by atoms with Crippen LogP contribution in [-0.4, -0.2) is 27.8 Å². The highest BCUT2D eigenvalue weighted by molar-refractivity contribution is 5.43. The van der Waals surface area contributed by atoms with Gasteiger partial charge >= 0.3 is 0 Å². The fraction of sp³-hybridized carbons (Fsp3) is 0.500. The van der Waals surface area contributed by atoms with Crippen molar-refractivity contribution in [1.82, 2.24) is 5.32 Å². The summed E-state index contributed by atoms with van der Waals surface area (Å²) < 4.78 is 10.5. The number of hydrogen-bond acceptors (Lipinski definition) is 4. The highest BCUT2D eigenvalue weighted by Gasteiger charge is 2.11. The topological polar surface area (TPSA) is 56.5 Å². The maximum absolute atomic E-state index is 5.57. The second-order valence-corrected chi connectivity index (χ2v) is 3.53. The minimum absolute atomic E-state index is 0.254. The molecule has 0 radical (unpaired) electrons. The molecule has 3 N–H and O–H groups in total. The van der Waals surface area contributed by atoms with E-state index < -0.39 is 0 Å². The number of methoxy groups -OCH3 is 2. The van der Waals surface area contributed by atoms with Gasteiger partial charge in [0.2, 0.25) is 0 Å². The molecule has 0 saturated carbocycles. The summed E-state index contributed by atoms with van der Waals surface area (Å²) in [5, 5.41) is 3.23. The lowest BCUT2D eigenvalue weighted by Crippen LogP contribution is -2.19. The lowest BCUT2D eigenvalue weighted by molar-refractivity contribution is 0.354. The first-order valence-electron chi connectivity index (χ1n) is 5.36. The average Bonchev–Trinajstić information content (AvgIpc) is 2.35. The zero-order valence-electron chi connectivity index (χ0n) is 10.1. The van der Waals surface area contributed by atoms with Crippen LogP contribution in [0, 0.1) is 0 Å². The van der Waals surface area contributed by atoms with E-state index in [1.807, 2.05) is 25.2 Å². The van der Waals surface area contributed by atoms with E-state index in [9.17, 15) is 0 Å². The Bertz CT molecular complexity index is 329. The summed E-state index contributed by atoms with van der Waals surface area (Å²) in [5.74, 6) is 1.49. The molecule has 0 aliphatic rings. The summed E-state index contributed by atoms with van der Waals surface area (Å²) in [4.78, 5) is 0. The van der Waals surface area contributed by atoms with Gasteiger partial charge in [-0.1, -0.05) is 6.07 Å². The second-order valence-electron chi connectivity index (χ2n) is 3.53. The van der Waals surface area contributed by atoms with Gasteiger partial charge in [0, 0.05) is 6.04 Å². The number of nitrogens with two attached hydrogens (primary N) is 1. The van der Waals surface area contributed by atoms with Crippen molar-refractivity contribution < 1.29 is 9.47 Å². The summed E-state index contributed by atoms with van der Waals surface area (Å²) >= 11 is 0.